The summed E-state index contributed by atoms with van der Waals surface area (Å²) in [5.74, 6) is 0. The van der Waals surface area contributed by atoms with Crippen LogP contribution in [0, 0.1) is 0 Å². The van der Waals surface area contributed by atoms with Crippen molar-refractivity contribution in [1.82, 2.24) is 0 Å². The molecule has 0 saturated carbocycles. The fourth-order valence-electron chi connectivity index (χ4n) is 2.51. The Kier molecular flexibility index (Phi) is 4.19. The quantitative estimate of drug-likeness (QED) is 0.476. The Morgan fingerprint density at radius 3 is 2.94 bits per heavy atom. The van der Waals surface area contributed by atoms with Gasteiger partial charge in [0.15, 0.2) is 0 Å². The highest BCUT2D eigenvalue weighted by Gasteiger charge is 2.11. The van der Waals surface area contributed by atoms with E-state index in [2.05, 4.69) is 37.8 Å². The number of aryl methyl sites for hydroxylation is 1. The summed E-state index contributed by atoms with van der Waals surface area (Å²) in [6.07, 6.45) is 11.7. The van der Waals surface area contributed by atoms with Crippen LogP contribution in [0.3, 0.4) is 0 Å². The fourth-order valence-corrected chi connectivity index (χ4v) is 2.51. The van der Waals surface area contributed by atoms with Crippen LogP contribution in [0.1, 0.15) is 49.3 Å². The summed E-state index contributed by atoms with van der Waals surface area (Å²) < 4.78 is 0. The summed E-state index contributed by atoms with van der Waals surface area (Å²) in [5.41, 5.74) is 5.92. The van der Waals surface area contributed by atoms with E-state index in [0.29, 0.717) is 0 Å². The Morgan fingerprint density at radius 2 is 2.18 bits per heavy atom. The van der Waals surface area contributed by atoms with Crippen molar-refractivity contribution >= 4 is 6.08 Å². The van der Waals surface area contributed by atoms with E-state index in [1.54, 1.807) is 0 Å². The first kappa shape index (κ1) is 12.2. The second-order valence-electron chi connectivity index (χ2n) is 4.96. The molecule has 1 aromatic carbocycles. The topological polar surface area (TPSA) is 0 Å². The van der Waals surface area contributed by atoms with Crippen molar-refractivity contribution in [3.05, 3.63) is 53.1 Å². The summed E-state index contributed by atoms with van der Waals surface area (Å²) >= 11 is 0. The molecule has 0 radical (unpaired) electrons. The highest BCUT2D eigenvalue weighted by molar-refractivity contribution is 5.64. The van der Waals surface area contributed by atoms with Crippen LogP contribution in [0.5, 0.6) is 0 Å². The molecular weight excluding hydrogens is 204 g/mol. The zero-order chi connectivity index (χ0) is 12.1. The van der Waals surface area contributed by atoms with E-state index in [4.69, 9.17) is 0 Å². The molecule has 0 atom stereocenters. The average Bonchev–Trinajstić information content (AvgIpc) is 2.71. The molecule has 1 aliphatic carbocycles. The zero-order valence-corrected chi connectivity index (χ0v) is 10.8. The molecule has 0 aromatic heterocycles. The molecule has 17 heavy (non-hydrogen) atoms. The molecule has 0 amide bonds. The number of unbranched alkanes of at least 4 members (excludes halogenated alkanes) is 2. The van der Waals surface area contributed by atoms with Crippen molar-refractivity contribution in [1.29, 1.82) is 0 Å². The van der Waals surface area contributed by atoms with Gasteiger partial charge in [-0.05, 0) is 42.4 Å². The van der Waals surface area contributed by atoms with E-state index in [1.807, 2.05) is 6.08 Å². The van der Waals surface area contributed by atoms with Crippen LogP contribution in [0.2, 0.25) is 0 Å². The van der Waals surface area contributed by atoms with E-state index in [-0.39, 0.29) is 0 Å². The van der Waals surface area contributed by atoms with Crippen molar-refractivity contribution in [2.75, 3.05) is 0 Å². The van der Waals surface area contributed by atoms with Crippen molar-refractivity contribution in [3.8, 4) is 0 Å². The maximum absolute atomic E-state index is 3.81. The van der Waals surface area contributed by atoms with E-state index < -0.39 is 0 Å². The van der Waals surface area contributed by atoms with Crippen molar-refractivity contribution in [2.24, 2.45) is 0 Å². The number of allylic oxidation sites excluding steroid dienone is 2. The molecule has 0 N–H and O–H groups in total. The molecule has 0 spiro atoms. The third kappa shape index (κ3) is 3.09. The van der Waals surface area contributed by atoms with Crippen LogP contribution in [0.4, 0.5) is 0 Å². The van der Waals surface area contributed by atoms with Crippen molar-refractivity contribution in [3.63, 3.8) is 0 Å². The molecule has 0 saturated heterocycles. The molecule has 1 aromatic rings. The lowest BCUT2D eigenvalue weighted by Gasteiger charge is -2.04. The smallest absolute Gasteiger partial charge is 0.00547 e. The summed E-state index contributed by atoms with van der Waals surface area (Å²) in [6.45, 7) is 6.07. The van der Waals surface area contributed by atoms with Gasteiger partial charge < -0.3 is 0 Å². The van der Waals surface area contributed by atoms with Crippen molar-refractivity contribution in [2.45, 2.75) is 45.4 Å². The molecule has 90 valence electrons. The number of hydrogen-bond donors (Lipinski definition) is 0. The number of rotatable bonds is 6. The summed E-state index contributed by atoms with van der Waals surface area (Å²) in [5, 5.41) is 0. The van der Waals surface area contributed by atoms with Gasteiger partial charge in [0.2, 0.25) is 0 Å². The average molecular weight is 226 g/mol. The second-order valence-corrected chi connectivity index (χ2v) is 4.96. The number of fused-ring (bicyclic) bond motifs is 1. The van der Waals surface area contributed by atoms with Gasteiger partial charge in [-0.2, -0.15) is 0 Å². The predicted octanol–water partition coefficient (Wildman–Crippen LogP) is 4.93. The van der Waals surface area contributed by atoms with Crippen LogP contribution < -0.4 is 0 Å². The Morgan fingerprint density at radius 1 is 1.29 bits per heavy atom. The van der Waals surface area contributed by atoms with Gasteiger partial charge in [-0.3, -0.25) is 0 Å². The monoisotopic (exact) mass is 226 g/mol. The van der Waals surface area contributed by atoms with Crippen LogP contribution in [0.25, 0.3) is 6.08 Å². The van der Waals surface area contributed by atoms with E-state index >= 15 is 0 Å². The van der Waals surface area contributed by atoms with E-state index in [0.717, 1.165) is 12.8 Å². The Bertz CT molecular complexity index is 424. The molecule has 0 nitrogen and oxygen atoms in total. The molecule has 2 rings (SSSR count). The van der Waals surface area contributed by atoms with Crippen LogP contribution in [-0.2, 0) is 12.8 Å². The highest BCUT2D eigenvalue weighted by atomic mass is 14.2. The maximum Gasteiger partial charge on any atom is -0.00547 e. The molecule has 0 unspecified atom stereocenters. The summed E-state index contributed by atoms with van der Waals surface area (Å²) in [4.78, 5) is 0. The Hall–Kier alpha value is -1.30. The van der Waals surface area contributed by atoms with Gasteiger partial charge in [0.25, 0.3) is 0 Å². The molecule has 0 heterocycles. The van der Waals surface area contributed by atoms with E-state index in [9.17, 15) is 0 Å². The molecule has 0 fully saturated rings. The maximum atomic E-state index is 3.81. The number of benzene rings is 1. The SMILES string of the molecule is C=CCC1=Cc2cc(CCCCC)ccc2C1. The van der Waals surface area contributed by atoms with Crippen molar-refractivity contribution < 1.29 is 0 Å². The van der Waals surface area contributed by atoms with Gasteiger partial charge in [0.1, 0.15) is 0 Å². The summed E-state index contributed by atoms with van der Waals surface area (Å²) in [7, 11) is 0. The Balaban J connectivity index is 2.04. The highest BCUT2D eigenvalue weighted by Crippen LogP contribution is 2.28. The predicted molar refractivity (Wildman–Crippen MR) is 76.2 cm³/mol. The van der Waals surface area contributed by atoms with Gasteiger partial charge in [-0.25, -0.2) is 0 Å². The van der Waals surface area contributed by atoms with Gasteiger partial charge in [-0.1, -0.05) is 55.7 Å². The van der Waals surface area contributed by atoms with E-state index in [1.165, 1.54) is 47.9 Å². The Labute approximate surface area is 105 Å². The molecule has 0 bridgehead atoms. The standard InChI is InChI=1S/C17H22/c1-3-5-6-8-14-9-10-16-12-15(7-4-2)13-17(16)11-14/h4,9-11,13H,2-3,5-8,12H2,1H3. The lowest BCUT2D eigenvalue weighted by molar-refractivity contribution is 0.717. The third-order valence-corrected chi connectivity index (χ3v) is 3.46. The lowest BCUT2D eigenvalue weighted by Crippen LogP contribution is -1.89. The second kappa shape index (κ2) is 5.86. The van der Waals surface area contributed by atoms with Gasteiger partial charge >= 0.3 is 0 Å². The number of hydrogen-bond acceptors (Lipinski definition) is 0. The largest absolute Gasteiger partial charge is 0.103 e. The molecule has 0 heteroatoms. The lowest BCUT2D eigenvalue weighted by atomic mass is 10.0. The molecular formula is C17H22. The first-order valence-corrected chi connectivity index (χ1v) is 6.75. The van der Waals surface area contributed by atoms with Crippen LogP contribution >= 0.6 is 0 Å². The van der Waals surface area contributed by atoms with Gasteiger partial charge in [0, 0.05) is 0 Å². The first-order chi connectivity index (χ1) is 8.33. The third-order valence-electron chi connectivity index (χ3n) is 3.46. The molecule has 1 aliphatic rings. The minimum atomic E-state index is 1.03. The minimum absolute atomic E-state index is 1.03. The summed E-state index contributed by atoms with van der Waals surface area (Å²) in [6, 6.07) is 6.99. The van der Waals surface area contributed by atoms with Gasteiger partial charge in [-0.15, -0.1) is 6.58 Å². The fraction of sp³-hybridized carbons (Fsp3) is 0.412. The molecule has 0 aliphatic heterocycles. The normalized spacial score (nSPS) is 13.4. The minimum Gasteiger partial charge on any atom is -0.103 e. The zero-order valence-electron chi connectivity index (χ0n) is 10.8. The van der Waals surface area contributed by atoms with Crippen LogP contribution in [0.15, 0.2) is 36.4 Å². The van der Waals surface area contributed by atoms with Crippen LogP contribution in [-0.4, -0.2) is 0 Å². The van der Waals surface area contributed by atoms with Gasteiger partial charge in [0.05, 0.1) is 0 Å². The first-order valence-electron chi connectivity index (χ1n) is 6.75.